The molecule has 0 bridgehead atoms. The Bertz CT molecular complexity index is 722. The zero-order valence-corrected chi connectivity index (χ0v) is 12.8. The number of ether oxygens (including phenoxy) is 2. The van der Waals surface area contributed by atoms with Crippen LogP contribution in [0.25, 0.3) is 0 Å². The highest BCUT2D eigenvalue weighted by Gasteiger charge is 2.18. The summed E-state index contributed by atoms with van der Waals surface area (Å²) in [6.45, 7) is 0.830. The fourth-order valence-corrected chi connectivity index (χ4v) is 1.78. The summed E-state index contributed by atoms with van der Waals surface area (Å²) < 4.78 is 36.5. The van der Waals surface area contributed by atoms with Crippen LogP contribution in [0.2, 0.25) is 0 Å². The lowest BCUT2D eigenvalue weighted by molar-refractivity contribution is -0.153. The van der Waals surface area contributed by atoms with Crippen molar-refractivity contribution >= 4 is 17.6 Å². The van der Waals surface area contributed by atoms with E-state index in [0.29, 0.717) is 5.75 Å². The third-order valence-corrected chi connectivity index (χ3v) is 2.94. The quantitative estimate of drug-likeness (QED) is 0.825. The highest BCUT2D eigenvalue weighted by atomic mass is 19.1. The fraction of sp³-hybridized carbons (Fsp3) is 0.176. The first-order valence-electron chi connectivity index (χ1n) is 7.09. The van der Waals surface area contributed by atoms with Crippen LogP contribution in [0.15, 0.2) is 48.5 Å². The Morgan fingerprint density at radius 3 is 2.54 bits per heavy atom. The molecule has 7 heteroatoms. The summed E-state index contributed by atoms with van der Waals surface area (Å²) in [5, 5.41) is 2.12. The number of benzene rings is 2. The van der Waals surface area contributed by atoms with Crippen LogP contribution in [0.4, 0.5) is 14.5 Å². The summed E-state index contributed by atoms with van der Waals surface area (Å²) >= 11 is 0. The van der Waals surface area contributed by atoms with E-state index < -0.39 is 36.2 Å². The average molecular weight is 335 g/mol. The molecule has 2 rings (SSSR count). The predicted molar refractivity (Wildman–Crippen MR) is 82.5 cm³/mol. The Morgan fingerprint density at radius 1 is 1.12 bits per heavy atom. The van der Waals surface area contributed by atoms with Gasteiger partial charge in [-0.2, -0.15) is 0 Å². The molecule has 126 valence electrons. The van der Waals surface area contributed by atoms with Gasteiger partial charge in [-0.3, -0.25) is 4.79 Å². The molecule has 5 nitrogen and oxygen atoms in total. The monoisotopic (exact) mass is 335 g/mol. The first-order valence-corrected chi connectivity index (χ1v) is 7.09. The smallest absolute Gasteiger partial charge is 0.347 e. The molecule has 2 aromatic rings. The number of hydrogen-bond donors (Lipinski definition) is 1. The number of carbonyl (C=O) groups is 2. The zero-order valence-electron chi connectivity index (χ0n) is 12.8. The van der Waals surface area contributed by atoms with Gasteiger partial charge in [-0.1, -0.05) is 18.2 Å². The standard InChI is InChI=1S/C17H15F2NO4/c1-11(24-13-5-3-2-4-6-13)17(22)23-10-16(21)20-15-9-12(18)7-8-14(15)19/h2-9,11H,10H2,1H3,(H,20,21)/t11-/m0/s1. The van der Waals surface area contributed by atoms with Crippen molar-refractivity contribution in [2.45, 2.75) is 13.0 Å². The number of nitrogens with one attached hydrogen (secondary N) is 1. The number of carbonyl (C=O) groups excluding carboxylic acids is 2. The summed E-state index contributed by atoms with van der Waals surface area (Å²) in [4.78, 5) is 23.4. The van der Waals surface area contributed by atoms with Crippen LogP contribution in [0.3, 0.4) is 0 Å². The number of hydrogen-bond acceptors (Lipinski definition) is 4. The zero-order chi connectivity index (χ0) is 17.5. The van der Waals surface area contributed by atoms with E-state index in [9.17, 15) is 18.4 Å². The SMILES string of the molecule is C[C@H](Oc1ccccc1)C(=O)OCC(=O)Nc1cc(F)ccc1F. The first kappa shape index (κ1) is 17.4. The molecule has 0 spiro atoms. The van der Waals surface area contributed by atoms with Gasteiger partial charge in [0.15, 0.2) is 12.7 Å². The lowest BCUT2D eigenvalue weighted by Gasteiger charge is -2.14. The number of amides is 1. The Morgan fingerprint density at radius 2 is 1.83 bits per heavy atom. The number of rotatable bonds is 6. The molecule has 0 heterocycles. The van der Waals surface area contributed by atoms with Crippen molar-refractivity contribution in [3.63, 3.8) is 0 Å². The van der Waals surface area contributed by atoms with E-state index in [1.807, 2.05) is 0 Å². The van der Waals surface area contributed by atoms with E-state index >= 15 is 0 Å². The third-order valence-electron chi connectivity index (χ3n) is 2.94. The van der Waals surface area contributed by atoms with E-state index in [1.54, 1.807) is 30.3 Å². The molecule has 1 atom stereocenters. The number of anilines is 1. The Hall–Kier alpha value is -2.96. The molecule has 0 aliphatic rings. The second-order valence-electron chi connectivity index (χ2n) is 4.85. The fourth-order valence-electron chi connectivity index (χ4n) is 1.78. The van der Waals surface area contributed by atoms with Gasteiger partial charge < -0.3 is 14.8 Å². The van der Waals surface area contributed by atoms with Gasteiger partial charge in [0.2, 0.25) is 0 Å². The Balaban J connectivity index is 1.82. The maximum atomic E-state index is 13.4. The lowest BCUT2D eigenvalue weighted by Crippen LogP contribution is -2.29. The summed E-state index contributed by atoms with van der Waals surface area (Å²) in [6.07, 6.45) is -0.925. The Kier molecular flexibility index (Phi) is 5.83. The minimum atomic E-state index is -0.925. The molecular formula is C17H15F2NO4. The normalized spacial score (nSPS) is 11.5. The van der Waals surface area contributed by atoms with E-state index in [2.05, 4.69) is 5.32 Å². The summed E-state index contributed by atoms with van der Waals surface area (Å²) in [5.74, 6) is -2.56. The molecule has 0 aliphatic carbocycles. The van der Waals surface area contributed by atoms with Gasteiger partial charge in [-0.05, 0) is 31.2 Å². The molecule has 24 heavy (non-hydrogen) atoms. The largest absolute Gasteiger partial charge is 0.479 e. The topological polar surface area (TPSA) is 64.6 Å². The second-order valence-corrected chi connectivity index (χ2v) is 4.85. The van der Waals surface area contributed by atoms with Gasteiger partial charge >= 0.3 is 5.97 Å². The third kappa shape index (κ3) is 5.05. The summed E-state index contributed by atoms with van der Waals surface area (Å²) in [7, 11) is 0. The molecule has 0 fully saturated rings. The Labute approximate surface area is 137 Å². The van der Waals surface area contributed by atoms with Gasteiger partial charge in [-0.25, -0.2) is 13.6 Å². The van der Waals surface area contributed by atoms with Crippen molar-refractivity contribution in [3.8, 4) is 5.75 Å². The molecule has 1 N–H and O–H groups in total. The number of halogens is 2. The molecule has 1 amide bonds. The van der Waals surface area contributed by atoms with Crippen LogP contribution in [0, 0.1) is 11.6 Å². The molecule has 0 saturated heterocycles. The van der Waals surface area contributed by atoms with E-state index in [0.717, 1.165) is 18.2 Å². The molecule has 0 saturated carbocycles. The van der Waals surface area contributed by atoms with E-state index in [-0.39, 0.29) is 5.69 Å². The minimum Gasteiger partial charge on any atom is -0.479 e. The average Bonchev–Trinajstić information content (AvgIpc) is 2.57. The highest BCUT2D eigenvalue weighted by molar-refractivity contribution is 5.93. The van der Waals surface area contributed by atoms with Crippen LogP contribution in [-0.4, -0.2) is 24.6 Å². The molecular weight excluding hydrogens is 320 g/mol. The maximum Gasteiger partial charge on any atom is 0.347 e. The van der Waals surface area contributed by atoms with Crippen LogP contribution < -0.4 is 10.1 Å². The lowest BCUT2D eigenvalue weighted by atomic mass is 10.3. The first-order chi connectivity index (χ1) is 11.5. The van der Waals surface area contributed by atoms with Gasteiger partial charge in [-0.15, -0.1) is 0 Å². The van der Waals surface area contributed by atoms with Crippen molar-refractivity contribution in [1.29, 1.82) is 0 Å². The highest BCUT2D eigenvalue weighted by Crippen LogP contribution is 2.15. The van der Waals surface area contributed by atoms with Gasteiger partial charge in [0.1, 0.15) is 17.4 Å². The molecule has 0 aliphatic heterocycles. The number of para-hydroxylation sites is 1. The van der Waals surface area contributed by atoms with Gasteiger partial charge in [0, 0.05) is 6.07 Å². The second kappa shape index (κ2) is 8.05. The van der Waals surface area contributed by atoms with Crippen molar-refractivity contribution in [2.75, 3.05) is 11.9 Å². The molecule has 0 aromatic heterocycles. The van der Waals surface area contributed by atoms with Crippen molar-refractivity contribution in [2.24, 2.45) is 0 Å². The van der Waals surface area contributed by atoms with E-state index in [1.165, 1.54) is 6.92 Å². The molecule has 0 unspecified atom stereocenters. The minimum absolute atomic E-state index is 0.329. The maximum absolute atomic E-state index is 13.4. The van der Waals surface area contributed by atoms with Crippen LogP contribution in [-0.2, 0) is 14.3 Å². The van der Waals surface area contributed by atoms with Gasteiger partial charge in [0.05, 0.1) is 5.69 Å². The van der Waals surface area contributed by atoms with Gasteiger partial charge in [0.25, 0.3) is 5.91 Å². The van der Waals surface area contributed by atoms with Crippen molar-refractivity contribution in [1.82, 2.24) is 0 Å². The van der Waals surface area contributed by atoms with Crippen molar-refractivity contribution in [3.05, 3.63) is 60.2 Å². The number of esters is 1. The summed E-state index contributed by atoms with van der Waals surface area (Å²) in [5.41, 5.74) is -0.329. The van der Waals surface area contributed by atoms with Crippen LogP contribution in [0.5, 0.6) is 5.75 Å². The van der Waals surface area contributed by atoms with Crippen LogP contribution >= 0.6 is 0 Å². The van der Waals surface area contributed by atoms with Crippen LogP contribution in [0.1, 0.15) is 6.92 Å². The molecule has 0 radical (unpaired) electrons. The van der Waals surface area contributed by atoms with E-state index in [4.69, 9.17) is 9.47 Å². The summed E-state index contributed by atoms with van der Waals surface area (Å²) in [6, 6.07) is 11.3. The molecule has 2 aromatic carbocycles. The predicted octanol–water partition coefficient (Wildman–Crippen LogP) is 2.91. The van der Waals surface area contributed by atoms with Crippen molar-refractivity contribution < 1.29 is 27.8 Å².